The molecule has 17 heavy (non-hydrogen) atoms. The molecule has 0 aromatic carbocycles. The van der Waals surface area contributed by atoms with Crippen molar-refractivity contribution in [2.75, 3.05) is 13.1 Å². The summed E-state index contributed by atoms with van der Waals surface area (Å²) >= 11 is 5.29. The lowest BCUT2D eigenvalue weighted by Crippen LogP contribution is -2.28. The van der Waals surface area contributed by atoms with Crippen molar-refractivity contribution in [1.29, 1.82) is 0 Å². The highest BCUT2D eigenvalue weighted by Crippen LogP contribution is 2.20. The van der Waals surface area contributed by atoms with Crippen molar-refractivity contribution in [2.24, 2.45) is 5.92 Å². The molecular weight excluding hydrogens is 232 g/mol. The van der Waals surface area contributed by atoms with E-state index in [-0.39, 0.29) is 0 Å². The van der Waals surface area contributed by atoms with Crippen molar-refractivity contribution in [3.8, 4) is 0 Å². The van der Waals surface area contributed by atoms with Crippen LogP contribution in [0.4, 0.5) is 0 Å². The van der Waals surface area contributed by atoms with Gasteiger partial charge in [0.05, 0.1) is 0 Å². The van der Waals surface area contributed by atoms with Gasteiger partial charge in [-0.1, -0.05) is 6.92 Å². The Kier molecular flexibility index (Phi) is 3.99. The summed E-state index contributed by atoms with van der Waals surface area (Å²) in [6, 6.07) is 0.656. The topological polar surface area (TPSA) is 36.9 Å². The molecule has 0 spiro atoms. The molecule has 1 saturated heterocycles. The molecule has 1 aromatic rings. The fourth-order valence-electron chi connectivity index (χ4n) is 2.55. The molecule has 0 aliphatic carbocycles. The second-order valence-electron chi connectivity index (χ2n) is 5.15. The molecule has 1 N–H and O–H groups in total. The third-order valence-electron chi connectivity index (χ3n) is 3.64. The first-order valence-electron chi connectivity index (χ1n) is 6.50. The second-order valence-corrected chi connectivity index (χ2v) is 5.54. The molecule has 2 rings (SSSR count). The number of aromatic amines is 1. The van der Waals surface area contributed by atoms with Crippen LogP contribution >= 0.6 is 12.2 Å². The smallest absolute Gasteiger partial charge is 0.195 e. The average molecular weight is 254 g/mol. The maximum Gasteiger partial charge on any atom is 0.195 e. The van der Waals surface area contributed by atoms with Gasteiger partial charge < -0.3 is 9.47 Å². The molecular formula is C12H22N4S. The first-order chi connectivity index (χ1) is 8.11. The monoisotopic (exact) mass is 254 g/mol. The van der Waals surface area contributed by atoms with Gasteiger partial charge in [0.1, 0.15) is 5.82 Å². The van der Waals surface area contributed by atoms with Crippen LogP contribution in [0, 0.1) is 10.7 Å². The summed E-state index contributed by atoms with van der Waals surface area (Å²) in [5.41, 5.74) is 0. The van der Waals surface area contributed by atoms with E-state index in [0.717, 1.165) is 23.6 Å². The van der Waals surface area contributed by atoms with Gasteiger partial charge in [0.15, 0.2) is 4.77 Å². The molecule has 1 aliphatic heterocycles. The minimum Gasteiger partial charge on any atom is -0.304 e. The molecule has 4 nitrogen and oxygen atoms in total. The van der Waals surface area contributed by atoms with Crippen LogP contribution in [0.15, 0.2) is 0 Å². The predicted molar refractivity (Wildman–Crippen MR) is 71.6 cm³/mol. The van der Waals surface area contributed by atoms with Crippen LogP contribution in [0.5, 0.6) is 0 Å². The summed E-state index contributed by atoms with van der Waals surface area (Å²) in [7, 11) is 0. The molecule has 0 bridgehead atoms. The third kappa shape index (κ3) is 2.77. The largest absolute Gasteiger partial charge is 0.304 e. The molecule has 1 aliphatic rings. The van der Waals surface area contributed by atoms with E-state index in [1.54, 1.807) is 0 Å². The molecule has 2 heterocycles. The number of hydrogen-bond donors (Lipinski definition) is 1. The van der Waals surface area contributed by atoms with E-state index in [2.05, 4.69) is 40.4 Å². The third-order valence-corrected chi connectivity index (χ3v) is 3.95. The molecule has 0 amide bonds. The molecule has 1 atom stereocenters. The summed E-state index contributed by atoms with van der Waals surface area (Å²) < 4.78 is 2.94. The van der Waals surface area contributed by atoms with Crippen LogP contribution in [0.1, 0.15) is 33.0 Å². The highest BCUT2D eigenvalue weighted by atomic mass is 32.1. The van der Waals surface area contributed by atoms with E-state index in [1.165, 1.54) is 19.5 Å². The van der Waals surface area contributed by atoms with Crippen molar-refractivity contribution in [1.82, 2.24) is 19.7 Å². The minimum absolute atomic E-state index is 0.656. The van der Waals surface area contributed by atoms with Crippen molar-refractivity contribution >= 4 is 12.2 Å². The number of rotatable bonds is 4. The van der Waals surface area contributed by atoms with Crippen LogP contribution in [0.3, 0.4) is 0 Å². The maximum atomic E-state index is 5.29. The van der Waals surface area contributed by atoms with Gasteiger partial charge in [-0.15, -0.1) is 0 Å². The highest BCUT2D eigenvalue weighted by Gasteiger charge is 2.25. The van der Waals surface area contributed by atoms with Crippen molar-refractivity contribution in [3.05, 3.63) is 10.6 Å². The van der Waals surface area contributed by atoms with Crippen LogP contribution in [0.2, 0.25) is 0 Å². The van der Waals surface area contributed by atoms with Gasteiger partial charge in [0.2, 0.25) is 0 Å². The predicted octanol–water partition coefficient (Wildman–Crippen LogP) is 2.23. The van der Waals surface area contributed by atoms with E-state index in [1.807, 2.05) is 0 Å². The molecule has 1 unspecified atom stereocenters. The Hall–Kier alpha value is -0.680. The maximum absolute atomic E-state index is 5.29. The summed E-state index contributed by atoms with van der Waals surface area (Å²) in [5, 5.41) is 7.16. The zero-order chi connectivity index (χ0) is 12.4. The van der Waals surface area contributed by atoms with Crippen molar-refractivity contribution in [2.45, 2.75) is 46.2 Å². The van der Waals surface area contributed by atoms with Gasteiger partial charge in [0, 0.05) is 25.6 Å². The number of aryl methyl sites for hydroxylation is 1. The number of aromatic nitrogens is 3. The van der Waals surface area contributed by atoms with E-state index < -0.39 is 0 Å². The molecule has 96 valence electrons. The summed E-state index contributed by atoms with van der Waals surface area (Å²) in [6.07, 6.45) is 2.21. The van der Waals surface area contributed by atoms with Gasteiger partial charge in [-0.05, 0) is 44.9 Å². The Morgan fingerprint density at radius 1 is 1.53 bits per heavy atom. The fraction of sp³-hybridized carbons (Fsp3) is 0.833. The Balaban J connectivity index is 2.02. The quantitative estimate of drug-likeness (QED) is 0.837. The lowest BCUT2D eigenvalue weighted by molar-refractivity contribution is 0.260. The number of nitrogens with one attached hydrogen (secondary N) is 1. The van der Waals surface area contributed by atoms with Crippen LogP contribution in [-0.4, -0.2) is 38.8 Å². The lowest BCUT2D eigenvalue weighted by atomic mass is 10.1. The molecule has 0 saturated carbocycles. The summed E-state index contributed by atoms with van der Waals surface area (Å²) in [4.78, 5) is 2.54. The van der Waals surface area contributed by atoms with E-state index in [0.29, 0.717) is 12.0 Å². The Morgan fingerprint density at radius 3 is 2.88 bits per heavy atom. The van der Waals surface area contributed by atoms with E-state index in [4.69, 9.17) is 12.2 Å². The van der Waals surface area contributed by atoms with Crippen LogP contribution < -0.4 is 0 Å². The SMILES string of the molecule is CCc1n[nH]c(=S)n1CC1CCN(C(C)C)C1. The standard InChI is InChI=1S/C12H22N4S/c1-4-11-13-14-12(17)16(11)8-10-5-6-15(7-10)9(2)3/h9-10H,4-8H2,1-3H3,(H,14,17). The van der Waals surface area contributed by atoms with Crippen LogP contribution in [0.25, 0.3) is 0 Å². The zero-order valence-electron chi connectivity index (χ0n) is 10.9. The van der Waals surface area contributed by atoms with Gasteiger partial charge in [-0.25, -0.2) is 0 Å². The number of likely N-dealkylation sites (tertiary alicyclic amines) is 1. The van der Waals surface area contributed by atoms with Crippen molar-refractivity contribution < 1.29 is 0 Å². The number of hydrogen-bond acceptors (Lipinski definition) is 3. The summed E-state index contributed by atoms with van der Waals surface area (Å²) in [6.45, 7) is 10.1. The normalized spacial score (nSPS) is 21.5. The van der Waals surface area contributed by atoms with Crippen molar-refractivity contribution in [3.63, 3.8) is 0 Å². The average Bonchev–Trinajstić information content (AvgIpc) is 2.88. The van der Waals surface area contributed by atoms with Gasteiger partial charge in [-0.3, -0.25) is 5.10 Å². The zero-order valence-corrected chi connectivity index (χ0v) is 11.8. The van der Waals surface area contributed by atoms with E-state index in [9.17, 15) is 0 Å². The fourth-order valence-corrected chi connectivity index (χ4v) is 2.77. The lowest BCUT2D eigenvalue weighted by Gasteiger charge is -2.20. The first kappa shape index (κ1) is 12.8. The highest BCUT2D eigenvalue weighted by molar-refractivity contribution is 7.71. The van der Waals surface area contributed by atoms with Gasteiger partial charge in [-0.2, -0.15) is 5.10 Å². The summed E-state index contributed by atoms with van der Waals surface area (Å²) in [5.74, 6) is 1.80. The Bertz CT molecular complexity index is 420. The molecule has 0 radical (unpaired) electrons. The van der Waals surface area contributed by atoms with Gasteiger partial charge >= 0.3 is 0 Å². The molecule has 1 fully saturated rings. The first-order valence-corrected chi connectivity index (χ1v) is 6.90. The van der Waals surface area contributed by atoms with Gasteiger partial charge in [0.25, 0.3) is 0 Å². The molecule has 5 heteroatoms. The number of H-pyrrole nitrogens is 1. The molecule has 1 aromatic heterocycles. The van der Waals surface area contributed by atoms with Crippen LogP contribution in [-0.2, 0) is 13.0 Å². The minimum atomic E-state index is 0.656. The van der Waals surface area contributed by atoms with E-state index >= 15 is 0 Å². The Labute approximate surface area is 108 Å². The Morgan fingerprint density at radius 2 is 2.29 bits per heavy atom. The number of nitrogens with zero attached hydrogens (tertiary/aromatic N) is 3. The second kappa shape index (κ2) is 5.31.